The van der Waals surface area contributed by atoms with Gasteiger partial charge >= 0.3 is 0 Å². The minimum absolute atomic E-state index is 0.354. The van der Waals surface area contributed by atoms with Crippen LogP contribution in [0.2, 0.25) is 0 Å². The van der Waals surface area contributed by atoms with Crippen LogP contribution in [-0.4, -0.2) is 0 Å². The maximum Gasteiger partial charge on any atom is 0.0947 e. The fourth-order valence-corrected chi connectivity index (χ4v) is 3.60. The molecule has 98 valence electrons. The van der Waals surface area contributed by atoms with E-state index in [1.54, 1.807) is 12.5 Å². The molecule has 1 atom stereocenters. The summed E-state index contributed by atoms with van der Waals surface area (Å²) < 4.78 is 6.45. The molecule has 0 fully saturated rings. The van der Waals surface area contributed by atoms with Crippen LogP contribution in [-0.2, 0) is 6.54 Å². The van der Waals surface area contributed by atoms with E-state index in [0.29, 0.717) is 6.04 Å². The fraction of sp³-hybridized carbons (Fsp3) is 0.250. The smallest absolute Gasteiger partial charge is 0.0947 e. The van der Waals surface area contributed by atoms with Crippen LogP contribution in [0.15, 0.2) is 47.3 Å². The van der Waals surface area contributed by atoms with Crippen molar-refractivity contribution in [1.29, 1.82) is 0 Å². The minimum atomic E-state index is 0.354. The SMILES string of the molecule is Cc1c(C(C)NCc2ccoc2)sc2ccccc12. The highest BCUT2D eigenvalue weighted by Crippen LogP contribution is 2.34. The van der Waals surface area contributed by atoms with E-state index in [9.17, 15) is 0 Å². The van der Waals surface area contributed by atoms with E-state index in [-0.39, 0.29) is 0 Å². The van der Waals surface area contributed by atoms with Gasteiger partial charge in [0, 0.05) is 27.7 Å². The summed E-state index contributed by atoms with van der Waals surface area (Å²) in [5.41, 5.74) is 2.58. The molecule has 0 aliphatic heterocycles. The number of thiophene rings is 1. The Morgan fingerprint density at radius 3 is 2.84 bits per heavy atom. The Morgan fingerprint density at radius 2 is 2.11 bits per heavy atom. The molecule has 0 saturated carbocycles. The third-order valence-electron chi connectivity index (χ3n) is 3.47. The van der Waals surface area contributed by atoms with Crippen LogP contribution in [0.3, 0.4) is 0 Å². The third kappa shape index (κ3) is 2.44. The first kappa shape index (κ1) is 12.5. The lowest BCUT2D eigenvalue weighted by Crippen LogP contribution is -2.17. The van der Waals surface area contributed by atoms with Crippen LogP contribution >= 0.6 is 11.3 Å². The first-order chi connectivity index (χ1) is 9.25. The zero-order valence-corrected chi connectivity index (χ0v) is 12.0. The van der Waals surface area contributed by atoms with Crippen LogP contribution in [0.5, 0.6) is 0 Å². The Hall–Kier alpha value is -1.58. The van der Waals surface area contributed by atoms with Crippen molar-refractivity contribution in [3.63, 3.8) is 0 Å². The van der Waals surface area contributed by atoms with E-state index >= 15 is 0 Å². The Bertz CT molecular complexity index is 669. The van der Waals surface area contributed by atoms with Crippen LogP contribution < -0.4 is 5.32 Å². The highest BCUT2D eigenvalue weighted by Gasteiger charge is 2.13. The van der Waals surface area contributed by atoms with Crippen molar-refractivity contribution in [2.24, 2.45) is 0 Å². The summed E-state index contributed by atoms with van der Waals surface area (Å²) in [6.07, 6.45) is 3.50. The molecule has 0 amide bonds. The molecule has 0 spiro atoms. The molecule has 0 radical (unpaired) electrons. The zero-order chi connectivity index (χ0) is 13.2. The van der Waals surface area contributed by atoms with Gasteiger partial charge in [0.2, 0.25) is 0 Å². The maximum atomic E-state index is 5.09. The Morgan fingerprint density at radius 1 is 1.26 bits per heavy atom. The number of rotatable bonds is 4. The van der Waals surface area contributed by atoms with Crippen molar-refractivity contribution in [3.05, 3.63) is 58.9 Å². The van der Waals surface area contributed by atoms with E-state index in [1.165, 1.54) is 26.1 Å². The first-order valence-electron chi connectivity index (χ1n) is 6.48. The quantitative estimate of drug-likeness (QED) is 0.747. The van der Waals surface area contributed by atoms with Crippen molar-refractivity contribution >= 4 is 21.4 Å². The van der Waals surface area contributed by atoms with Gasteiger partial charge in [-0.05, 0) is 36.9 Å². The third-order valence-corrected chi connectivity index (χ3v) is 4.92. The molecule has 1 aromatic carbocycles. The molecule has 3 heteroatoms. The molecule has 3 rings (SSSR count). The molecule has 0 aliphatic rings. The normalized spacial score (nSPS) is 12.9. The van der Waals surface area contributed by atoms with Gasteiger partial charge in [0.05, 0.1) is 12.5 Å². The highest BCUT2D eigenvalue weighted by molar-refractivity contribution is 7.19. The van der Waals surface area contributed by atoms with E-state index in [0.717, 1.165) is 6.54 Å². The number of hydrogen-bond donors (Lipinski definition) is 1. The van der Waals surface area contributed by atoms with Gasteiger partial charge in [0.15, 0.2) is 0 Å². The van der Waals surface area contributed by atoms with Gasteiger partial charge in [-0.25, -0.2) is 0 Å². The van der Waals surface area contributed by atoms with Crippen molar-refractivity contribution < 1.29 is 4.42 Å². The number of furan rings is 1. The molecule has 0 aliphatic carbocycles. The second-order valence-corrected chi connectivity index (χ2v) is 5.91. The molecule has 1 N–H and O–H groups in total. The topological polar surface area (TPSA) is 25.2 Å². The summed E-state index contributed by atoms with van der Waals surface area (Å²) in [5.74, 6) is 0. The number of hydrogen-bond acceptors (Lipinski definition) is 3. The summed E-state index contributed by atoms with van der Waals surface area (Å²) in [4.78, 5) is 1.42. The van der Waals surface area contributed by atoms with Crippen LogP contribution in [0, 0.1) is 6.92 Å². The van der Waals surface area contributed by atoms with E-state index in [2.05, 4.69) is 43.4 Å². The Balaban J connectivity index is 1.81. The molecular formula is C16H17NOS. The van der Waals surface area contributed by atoms with Crippen molar-refractivity contribution in [1.82, 2.24) is 5.32 Å². The van der Waals surface area contributed by atoms with Gasteiger partial charge < -0.3 is 9.73 Å². The summed E-state index contributed by atoms with van der Waals surface area (Å²) in [6.45, 7) is 5.27. The van der Waals surface area contributed by atoms with Gasteiger partial charge in [-0.2, -0.15) is 0 Å². The summed E-state index contributed by atoms with van der Waals surface area (Å²) in [7, 11) is 0. The highest BCUT2D eigenvalue weighted by atomic mass is 32.1. The van der Waals surface area contributed by atoms with Crippen molar-refractivity contribution in [2.75, 3.05) is 0 Å². The van der Waals surface area contributed by atoms with E-state index in [1.807, 2.05) is 17.4 Å². The number of nitrogens with one attached hydrogen (secondary N) is 1. The monoisotopic (exact) mass is 271 g/mol. The molecule has 2 nitrogen and oxygen atoms in total. The van der Waals surface area contributed by atoms with Gasteiger partial charge in [-0.15, -0.1) is 11.3 Å². The number of benzene rings is 1. The molecular weight excluding hydrogens is 254 g/mol. The zero-order valence-electron chi connectivity index (χ0n) is 11.1. The molecule has 0 saturated heterocycles. The second kappa shape index (κ2) is 5.19. The Labute approximate surface area is 117 Å². The Kier molecular flexibility index (Phi) is 3.40. The largest absolute Gasteiger partial charge is 0.472 e. The average Bonchev–Trinajstić information content (AvgIpc) is 3.05. The molecule has 2 heterocycles. The summed E-state index contributed by atoms with van der Waals surface area (Å²) in [5, 5.41) is 4.93. The van der Waals surface area contributed by atoms with Gasteiger partial charge in [0.1, 0.15) is 0 Å². The van der Waals surface area contributed by atoms with Crippen molar-refractivity contribution in [2.45, 2.75) is 26.4 Å². The van der Waals surface area contributed by atoms with Gasteiger partial charge in [-0.1, -0.05) is 18.2 Å². The molecule has 1 unspecified atom stereocenters. The first-order valence-corrected chi connectivity index (χ1v) is 7.30. The standard InChI is InChI=1S/C16H17NOS/c1-11-14-5-3-4-6-15(14)19-16(11)12(2)17-9-13-7-8-18-10-13/h3-8,10,12,17H,9H2,1-2H3. The lowest BCUT2D eigenvalue weighted by molar-refractivity contribution is 0.549. The van der Waals surface area contributed by atoms with Gasteiger partial charge in [0.25, 0.3) is 0 Å². The second-order valence-electron chi connectivity index (χ2n) is 4.82. The predicted octanol–water partition coefficient (Wildman–Crippen LogP) is 4.65. The summed E-state index contributed by atoms with van der Waals surface area (Å²) in [6, 6.07) is 11.0. The minimum Gasteiger partial charge on any atom is -0.472 e. The van der Waals surface area contributed by atoms with Crippen LogP contribution in [0.1, 0.15) is 29.0 Å². The number of fused-ring (bicyclic) bond motifs is 1. The molecule has 0 bridgehead atoms. The number of aryl methyl sites for hydroxylation is 1. The molecule has 2 aromatic heterocycles. The lowest BCUT2D eigenvalue weighted by atomic mass is 10.1. The lowest BCUT2D eigenvalue weighted by Gasteiger charge is -2.12. The maximum absolute atomic E-state index is 5.09. The predicted molar refractivity (Wildman–Crippen MR) is 80.5 cm³/mol. The van der Waals surface area contributed by atoms with Crippen LogP contribution in [0.25, 0.3) is 10.1 Å². The van der Waals surface area contributed by atoms with Crippen LogP contribution in [0.4, 0.5) is 0 Å². The van der Waals surface area contributed by atoms with Gasteiger partial charge in [-0.3, -0.25) is 0 Å². The fourth-order valence-electron chi connectivity index (χ4n) is 2.36. The molecule has 3 aromatic rings. The summed E-state index contributed by atoms with van der Waals surface area (Å²) >= 11 is 1.88. The molecule has 19 heavy (non-hydrogen) atoms. The average molecular weight is 271 g/mol. The van der Waals surface area contributed by atoms with Crippen molar-refractivity contribution in [3.8, 4) is 0 Å². The van der Waals surface area contributed by atoms with E-state index in [4.69, 9.17) is 4.42 Å². The van der Waals surface area contributed by atoms with E-state index < -0.39 is 0 Å².